The lowest BCUT2D eigenvalue weighted by molar-refractivity contribution is -0.179. The molecule has 1 saturated heterocycles. The van der Waals surface area contributed by atoms with Gasteiger partial charge in [-0.1, -0.05) is 84.9 Å². The molecule has 0 N–H and O–H groups in total. The molecule has 1 fully saturated rings. The maximum Gasteiger partial charge on any atom is 0.143 e. The molecule has 0 saturated carbocycles. The smallest absolute Gasteiger partial charge is 0.143 e. The first kappa shape index (κ1) is 17.1. The molecular formula is C25H20O3. The summed E-state index contributed by atoms with van der Waals surface area (Å²) in [5.74, 6) is -0.463. The molecule has 2 bridgehead atoms. The van der Waals surface area contributed by atoms with Gasteiger partial charge in [0.25, 0.3) is 0 Å². The zero-order chi connectivity index (χ0) is 19.2. The Morgan fingerprint density at radius 3 is 2.04 bits per heavy atom. The molecule has 3 aromatic carbocycles. The van der Waals surface area contributed by atoms with Crippen LogP contribution >= 0.6 is 0 Å². The molecule has 3 aromatic rings. The SMILES string of the molecule is O=CCC1C(=O)C[C@]2(c3ccccc3)O[C@@]1(c1ccccc1)c1ccccc12. The van der Waals surface area contributed by atoms with Crippen molar-refractivity contribution in [2.45, 2.75) is 24.0 Å². The number of ketones is 1. The van der Waals surface area contributed by atoms with Crippen LogP contribution in [0.1, 0.15) is 35.1 Å². The fourth-order valence-corrected chi connectivity index (χ4v) is 5.05. The van der Waals surface area contributed by atoms with Gasteiger partial charge in [0.2, 0.25) is 0 Å². The van der Waals surface area contributed by atoms with Crippen molar-refractivity contribution in [1.82, 2.24) is 0 Å². The molecule has 5 rings (SSSR count). The summed E-state index contributed by atoms with van der Waals surface area (Å²) in [7, 11) is 0. The molecule has 2 heterocycles. The number of aldehydes is 1. The van der Waals surface area contributed by atoms with Gasteiger partial charge in [0.05, 0.1) is 5.92 Å². The van der Waals surface area contributed by atoms with E-state index in [0.29, 0.717) is 0 Å². The van der Waals surface area contributed by atoms with Gasteiger partial charge in [0.15, 0.2) is 0 Å². The third kappa shape index (κ3) is 2.14. The minimum absolute atomic E-state index is 0.0715. The van der Waals surface area contributed by atoms with Crippen LogP contribution in [0.25, 0.3) is 0 Å². The van der Waals surface area contributed by atoms with Crippen LogP contribution in [-0.2, 0) is 25.5 Å². The number of rotatable bonds is 4. The van der Waals surface area contributed by atoms with E-state index in [4.69, 9.17) is 4.74 Å². The van der Waals surface area contributed by atoms with E-state index in [1.165, 1.54) is 0 Å². The van der Waals surface area contributed by atoms with Gasteiger partial charge >= 0.3 is 0 Å². The maximum atomic E-state index is 13.4. The highest BCUT2D eigenvalue weighted by Gasteiger charge is 2.64. The van der Waals surface area contributed by atoms with Gasteiger partial charge in [-0.05, 0) is 22.3 Å². The summed E-state index contributed by atoms with van der Waals surface area (Å²) in [6.45, 7) is 0. The Morgan fingerprint density at radius 1 is 0.821 bits per heavy atom. The average Bonchev–Trinajstić information content (AvgIpc) is 3.01. The number of benzene rings is 3. The van der Waals surface area contributed by atoms with Gasteiger partial charge in [-0.25, -0.2) is 0 Å². The summed E-state index contributed by atoms with van der Waals surface area (Å²) < 4.78 is 6.97. The number of ether oxygens (including phenoxy) is 1. The lowest BCUT2D eigenvalue weighted by atomic mass is 9.72. The molecule has 3 heteroatoms. The Hall–Kier alpha value is -3.04. The zero-order valence-corrected chi connectivity index (χ0v) is 15.4. The Labute approximate surface area is 164 Å². The van der Waals surface area contributed by atoms with Gasteiger partial charge in [0.1, 0.15) is 23.3 Å². The summed E-state index contributed by atoms with van der Waals surface area (Å²) in [6.07, 6.45) is 1.22. The number of hydrogen-bond donors (Lipinski definition) is 0. The first-order valence-electron chi connectivity index (χ1n) is 9.60. The van der Waals surface area contributed by atoms with E-state index in [1.54, 1.807) is 0 Å². The van der Waals surface area contributed by atoms with E-state index in [-0.39, 0.29) is 18.6 Å². The second-order valence-corrected chi connectivity index (χ2v) is 7.54. The van der Waals surface area contributed by atoms with Crippen molar-refractivity contribution in [2.75, 3.05) is 0 Å². The number of Topliss-reactive ketones (excluding diaryl/α,β-unsaturated/α-hetero) is 1. The first-order valence-corrected chi connectivity index (χ1v) is 9.60. The van der Waals surface area contributed by atoms with Crippen molar-refractivity contribution in [3.63, 3.8) is 0 Å². The Bertz CT molecular complexity index is 1040. The van der Waals surface area contributed by atoms with Crippen LogP contribution in [0.2, 0.25) is 0 Å². The van der Waals surface area contributed by atoms with Crippen LogP contribution in [0.15, 0.2) is 84.9 Å². The van der Waals surface area contributed by atoms with E-state index < -0.39 is 17.1 Å². The fourth-order valence-electron chi connectivity index (χ4n) is 5.05. The summed E-state index contributed by atoms with van der Waals surface area (Å²) >= 11 is 0. The van der Waals surface area contributed by atoms with Crippen molar-refractivity contribution < 1.29 is 14.3 Å². The highest BCUT2D eigenvalue weighted by Crippen LogP contribution is 2.62. The maximum absolute atomic E-state index is 13.4. The molecule has 28 heavy (non-hydrogen) atoms. The molecule has 2 aliphatic heterocycles. The van der Waals surface area contributed by atoms with Crippen molar-refractivity contribution in [3.05, 3.63) is 107 Å². The molecule has 3 nitrogen and oxygen atoms in total. The first-order chi connectivity index (χ1) is 13.7. The normalized spacial score (nSPS) is 28.0. The summed E-state index contributed by atoms with van der Waals surface area (Å²) in [5.41, 5.74) is 2.11. The van der Waals surface area contributed by atoms with E-state index in [9.17, 15) is 9.59 Å². The molecule has 3 atom stereocenters. The molecule has 1 unspecified atom stereocenters. The summed E-state index contributed by atoms with van der Waals surface area (Å²) in [5, 5.41) is 0. The second-order valence-electron chi connectivity index (χ2n) is 7.54. The minimum Gasteiger partial charge on any atom is -0.348 e. The molecular weight excluding hydrogens is 348 g/mol. The van der Waals surface area contributed by atoms with Crippen molar-refractivity contribution in [2.24, 2.45) is 5.92 Å². The fraction of sp³-hybridized carbons (Fsp3) is 0.200. The van der Waals surface area contributed by atoms with Crippen LogP contribution < -0.4 is 0 Å². The Kier molecular flexibility index (Phi) is 3.81. The summed E-state index contributed by atoms with van der Waals surface area (Å²) in [4.78, 5) is 25.0. The number of carbonyl (C=O) groups is 2. The number of carbonyl (C=O) groups excluding carboxylic acids is 2. The van der Waals surface area contributed by atoms with Gasteiger partial charge in [0, 0.05) is 12.8 Å². The average molecular weight is 368 g/mol. The van der Waals surface area contributed by atoms with Crippen LogP contribution in [0.3, 0.4) is 0 Å². The predicted molar refractivity (Wildman–Crippen MR) is 106 cm³/mol. The van der Waals surface area contributed by atoms with Crippen LogP contribution in [0.4, 0.5) is 0 Å². The van der Waals surface area contributed by atoms with Gasteiger partial charge < -0.3 is 9.53 Å². The second kappa shape index (κ2) is 6.25. The number of hydrogen-bond acceptors (Lipinski definition) is 3. The quantitative estimate of drug-likeness (QED) is 0.642. The monoisotopic (exact) mass is 368 g/mol. The van der Waals surface area contributed by atoms with Crippen molar-refractivity contribution in [1.29, 1.82) is 0 Å². The summed E-state index contributed by atoms with van der Waals surface area (Å²) in [6, 6.07) is 27.9. The van der Waals surface area contributed by atoms with Crippen LogP contribution in [-0.4, -0.2) is 12.1 Å². The van der Waals surface area contributed by atoms with Gasteiger partial charge in [-0.2, -0.15) is 0 Å². The highest BCUT2D eigenvalue weighted by molar-refractivity contribution is 5.89. The molecule has 2 aliphatic rings. The topological polar surface area (TPSA) is 43.4 Å². The Morgan fingerprint density at radius 2 is 1.39 bits per heavy atom. The largest absolute Gasteiger partial charge is 0.348 e. The Balaban J connectivity index is 1.85. The van der Waals surface area contributed by atoms with E-state index in [2.05, 4.69) is 6.07 Å². The van der Waals surface area contributed by atoms with Gasteiger partial charge in [-0.3, -0.25) is 4.79 Å². The molecule has 0 radical (unpaired) electrons. The highest BCUT2D eigenvalue weighted by atomic mass is 16.5. The van der Waals surface area contributed by atoms with Crippen molar-refractivity contribution in [3.8, 4) is 0 Å². The minimum atomic E-state index is -0.954. The van der Waals surface area contributed by atoms with Gasteiger partial charge in [-0.15, -0.1) is 0 Å². The predicted octanol–water partition coefficient (Wildman–Crippen LogP) is 4.38. The molecule has 0 spiro atoms. The zero-order valence-electron chi connectivity index (χ0n) is 15.4. The van der Waals surface area contributed by atoms with E-state index in [1.807, 2.05) is 78.9 Å². The van der Waals surface area contributed by atoms with Crippen LogP contribution in [0, 0.1) is 5.92 Å². The molecule has 0 aliphatic carbocycles. The molecule has 0 amide bonds. The number of fused-ring (bicyclic) bond motifs is 5. The molecule has 0 aromatic heterocycles. The van der Waals surface area contributed by atoms with Crippen LogP contribution in [0.5, 0.6) is 0 Å². The third-order valence-electron chi connectivity index (χ3n) is 6.17. The lowest BCUT2D eigenvalue weighted by Crippen LogP contribution is -2.50. The third-order valence-corrected chi connectivity index (χ3v) is 6.17. The van der Waals surface area contributed by atoms with E-state index >= 15 is 0 Å². The molecule has 138 valence electrons. The van der Waals surface area contributed by atoms with Crippen molar-refractivity contribution >= 4 is 12.1 Å². The van der Waals surface area contributed by atoms with E-state index in [0.717, 1.165) is 28.5 Å². The standard InChI is InChI=1S/C25H20O3/c26-16-15-22-23(27)17-24(18-9-3-1-4-10-18)20-13-7-8-14-21(20)25(22,28-24)19-11-5-2-6-12-19/h1-14,16,22H,15,17H2/t22?,24-,25+/m1/s1. The lowest BCUT2D eigenvalue weighted by Gasteiger charge is -2.45.